The van der Waals surface area contributed by atoms with E-state index in [-0.39, 0.29) is 17.3 Å². The number of anilines is 3. The Morgan fingerprint density at radius 3 is 2.40 bits per heavy atom. The van der Waals surface area contributed by atoms with Crippen molar-refractivity contribution in [3.05, 3.63) is 66.4 Å². The van der Waals surface area contributed by atoms with Crippen LogP contribution in [-0.4, -0.2) is 51.2 Å². The Morgan fingerprint density at radius 2 is 1.75 bits per heavy atom. The molecular weight excluding hydrogens is 529 g/mol. The first-order valence-electron chi connectivity index (χ1n) is 12.2. The van der Waals surface area contributed by atoms with Crippen molar-refractivity contribution in [1.82, 2.24) is 19.9 Å². The van der Waals surface area contributed by atoms with Crippen molar-refractivity contribution in [3.63, 3.8) is 0 Å². The average molecular weight is 559 g/mol. The van der Waals surface area contributed by atoms with Gasteiger partial charge in [0.2, 0.25) is 5.95 Å². The number of carbonyl (C=O) groups excluding carboxylic acids is 1. The van der Waals surface area contributed by atoms with E-state index in [1.807, 2.05) is 23.5 Å². The van der Waals surface area contributed by atoms with E-state index in [1.54, 1.807) is 55.7 Å². The van der Waals surface area contributed by atoms with Gasteiger partial charge < -0.3 is 19.9 Å². The maximum absolute atomic E-state index is 12.5. The molecule has 2 aromatic heterocycles. The zero-order chi connectivity index (χ0) is 29.1. The first-order valence-corrected chi connectivity index (χ1v) is 12.2. The molecule has 40 heavy (non-hydrogen) atoms. The summed E-state index contributed by atoms with van der Waals surface area (Å²) in [6, 6.07) is 15.4. The van der Waals surface area contributed by atoms with Gasteiger partial charge in [0.15, 0.2) is 5.65 Å². The van der Waals surface area contributed by atoms with Crippen LogP contribution in [0.15, 0.2) is 60.8 Å². The van der Waals surface area contributed by atoms with Crippen LogP contribution in [-0.2, 0) is 4.74 Å². The standard InChI is InChI=1S/C27H29F3N6O4/c1-26(2,3)40-25(38)32-19-9-5-16(6-10-19)18-8-12-22-34-24(35-36(22)14-18)33-20-11-7-17(13-21(20)39-4)23(37)31-15-27(28,29)30/h5-14,23,31,37H,15H2,1-4H3,(H,32,38)(H,33,35). The second-order valence-electron chi connectivity index (χ2n) is 9.84. The first-order chi connectivity index (χ1) is 18.8. The van der Waals surface area contributed by atoms with Gasteiger partial charge in [-0.2, -0.15) is 18.2 Å². The topological polar surface area (TPSA) is 122 Å². The summed E-state index contributed by atoms with van der Waals surface area (Å²) in [7, 11) is 1.40. The third kappa shape index (κ3) is 7.61. The highest BCUT2D eigenvalue weighted by Gasteiger charge is 2.28. The van der Waals surface area contributed by atoms with Gasteiger partial charge >= 0.3 is 12.3 Å². The van der Waals surface area contributed by atoms with Gasteiger partial charge in [-0.15, -0.1) is 5.10 Å². The number of amides is 1. The lowest BCUT2D eigenvalue weighted by molar-refractivity contribution is -0.131. The van der Waals surface area contributed by atoms with Crippen LogP contribution in [0.1, 0.15) is 32.6 Å². The average Bonchev–Trinajstić information content (AvgIpc) is 3.28. The number of rotatable bonds is 8. The van der Waals surface area contributed by atoms with Crippen molar-refractivity contribution >= 4 is 29.1 Å². The molecule has 0 aliphatic carbocycles. The zero-order valence-electron chi connectivity index (χ0n) is 22.2. The molecule has 0 radical (unpaired) electrons. The molecule has 2 heterocycles. The number of hydrogen-bond donors (Lipinski definition) is 4. The van der Waals surface area contributed by atoms with Crippen molar-refractivity contribution in [2.75, 3.05) is 24.3 Å². The van der Waals surface area contributed by atoms with E-state index >= 15 is 0 Å². The van der Waals surface area contributed by atoms with E-state index in [9.17, 15) is 23.1 Å². The van der Waals surface area contributed by atoms with Crippen molar-refractivity contribution in [2.24, 2.45) is 0 Å². The fourth-order valence-corrected chi connectivity index (χ4v) is 3.71. The van der Waals surface area contributed by atoms with Crippen molar-refractivity contribution in [2.45, 2.75) is 38.8 Å². The number of nitrogens with zero attached hydrogens (tertiary/aromatic N) is 3. The Bertz CT molecular complexity index is 1480. The van der Waals surface area contributed by atoms with Crippen LogP contribution in [0.2, 0.25) is 0 Å². The number of pyridine rings is 1. The van der Waals surface area contributed by atoms with Gasteiger partial charge in [-0.05, 0) is 68.3 Å². The fourth-order valence-electron chi connectivity index (χ4n) is 3.71. The summed E-state index contributed by atoms with van der Waals surface area (Å²) in [5.74, 6) is 0.542. The minimum atomic E-state index is -4.45. The number of benzene rings is 2. The van der Waals surface area contributed by atoms with Gasteiger partial charge in [-0.1, -0.05) is 18.2 Å². The number of ether oxygens (including phenoxy) is 2. The summed E-state index contributed by atoms with van der Waals surface area (Å²) >= 11 is 0. The number of fused-ring (bicyclic) bond motifs is 1. The lowest BCUT2D eigenvalue weighted by atomic mass is 10.1. The van der Waals surface area contributed by atoms with Crippen LogP contribution in [0.25, 0.3) is 16.8 Å². The number of methoxy groups -OCH3 is 1. The largest absolute Gasteiger partial charge is 0.495 e. The second-order valence-corrected chi connectivity index (χ2v) is 9.84. The number of hydrogen-bond acceptors (Lipinski definition) is 8. The molecule has 0 saturated heterocycles. The van der Waals surface area contributed by atoms with Crippen molar-refractivity contribution in [3.8, 4) is 16.9 Å². The molecule has 0 fully saturated rings. The molecule has 4 rings (SSSR count). The van der Waals surface area contributed by atoms with Crippen LogP contribution in [0.5, 0.6) is 5.75 Å². The number of nitrogens with one attached hydrogen (secondary N) is 3. The molecule has 13 heteroatoms. The molecule has 4 N–H and O–H groups in total. The number of aliphatic hydroxyl groups is 1. The van der Waals surface area contributed by atoms with Crippen LogP contribution >= 0.6 is 0 Å². The summed E-state index contributed by atoms with van der Waals surface area (Å²) in [4.78, 5) is 16.4. The second kappa shape index (κ2) is 11.4. The Hall–Kier alpha value is -4.36. The number of carbonyl (C=O) groups is 1. The summed E-state index contributed by atoms with van der Waals surface area (Å²) in [6.07, 6.45) is -4.72. The summed E-state index contributed by atoms with van der Waals surface area (Å²) in [6.45, 7) is 4.03. The minimum absolute atomic E-state index is 0.201. The monoisotopic (exact) mass is 558 g/mol. The predicted molar refractivity (Wildman–Crippen MR) is 144 cm³/mol. The maximum atomic E-state index is 12.5. The van der Waals surface area contributed by atoms with Gasteiger partial charge in [-0.25, -0.2) is 9.31 Å². The normalized spacial score (nSPS) is 12.7. The Kier molecular flexibility index (Phi) is 8.16. The summed E-state index contributed by atoms with van der Waals surface area (Å²) in [5, 5.41) is 22.3. The molecule has 0 saturated carbocycles. The summed E-state index contributed by atoms with van der Waals surface area (Å²) < 4.78 is 49.6. The number of aromatic nitrogens is 3. The zero-order valence-corrected chi connectivity index (χ0v) is 22.2. The van der Waals surface area contributed by atoms with E-state index in [2.05, 4.69) is 20.7 Å². The molecule has 0 aliphatic rings. The van der Waals surface area contributed by atoms with Crippen LogP contribution in [0, 0.1) is 0 Å². The highest BCUT2D eigenvalue weighted by atomic mass is 19.4. The predicted octanol–water partition coefficient (Wildman–Crippen LogP) is 5.64. The molecule has 1 unspecified atom stereocenters. The SMILES string of the molecule is COc1cc(C(O)NCC(F)(F)F)ccc1Nc1nc2ccc(-c3ccc(NC(=O)OC(C)(C)C)cc3)cn2n1. The van der Waals surface area contributed by atoms with E-state index in [0.717, 1.165) is 11.1 Å². The maximum Gasteiger partial charge on any atom is 0.412 e. The van der Waals surface area contributed by atoms with Crippen LogP contribution in [0.4, 0.5) is 35.3 Å². The number of aliphatic hydroxyl groups excluding tert-OH is 1. The lowest BCUT2D eigenvalue weighted by Gasteiger charge is -2.19. The van der Waals surface area contributed by atoms with E-state index in [1.165, 1.54) is 19.2 Å². The Balaban J connectivity index is 1.46. The van der Waals surface area contributed by atoms with Crippen LogP contribution in [0.3, 0.4) is 0 Å². The molecule has 2 aromatic carbocycles. The lowest BCUT2D eigenvalue weighted by Crippen LogP contribution is -2.32. The molecule has 1 amide bonds. The number of halogens is 3. The molecule has 0 bridgehead atoms. The molecule has 0 spiro atoms. The van der Waals surface area contributed by atoms with Gasteiger partial charge in [0.25, 0.3) is 0 Å². The highest BCUT2D eigenvalue weighted by molar-refractivity contribution is 5.85. The third-order valence-corrected chi connectivity index (χ3v) is 5.48. The van der Waals surface area contributed by atoms with Gasteiger partial charge in [0, 0.05) is 17.4 Å². The number of alkyl halides is 3. The molecule has 212 valence electrons. The molecule has 0 aliphatic heterocycles. The quantitative estimate of drug-likeness (QED) is 0.205. The van der Waals surface area contributed by atoms with Crippen molar-refractivity contribution in [1.29, 1.82) is 0 Å². The van der Waals surface area contributed by atoms with Crippen LogP contribution < -0.4 is 20.7 Å². The van der Waals surface area contributed by atoms with E-state index < -0.39 is 30.6 Å². The molecule has 1 atom stereocenters. The smallest absolute Gasteiger partial charge is 0.412 e. The van der Waals surface area contributed by atoms with Gasteiger partial charge in [0.1, 0.15) is 17.6 Å². The van der Waals surface area contributed by atoms with Gasteiger partial charge in [0.05, 0.1) is 19.3 Å². The van der Waals surface area contributed by atoms with Crippen molar-refractivity contribution < 1.29 is 32.5 Å². The fraction of sp³-hybridized carbons (Fsp3) is 0.296. The third-order valence-electron chi connectivity index (χ3n) is 5.48. The first kappa shape index (κ1) is 28.6. The summed E-state index contributed by atoms with van der Waals surface area (Å²) in [5.41, 5.74) is 2.96. The molecule has 10 nitrogen and oxygen atoms in total. The van der Waals surface area contributed by atoms with E-state index in [4.69, 9.17) is 9.47 Å². The molecule has 4 aromatic rings. The van der Waals surface area contributed by atoms with E-state index in [0.29, 0.717) is 17.0 Å². The van der Waals surface area contributed by atoms with Gasteiger partial charge in [-0.3, -0.25) is 10.6 Å². The Labute approximate surface area is 228 Å². The minimum Gasteiger partial charge on any atom is -0.495 e. The Morgan fingerprint density at radius 1 is 1.05 bits per heavy atom. The molecular formula is C27H29F3N6O4. The highest BCUT2D eigenvalue weighted by Crippen LogP contribution is 2.30.